The summed E-state index contributed by atoms with van der Waals surface area (Å²) in [5.74, 6) is -0.0369. The summed E-state index contributed by atoms with van der Waals surface area (Å²) < 4.78 is 0. The molecule has 3 rings (SSSR count). The summed E-state index contributed by atoms with van der Waals surface area (Å²) in [7, 11) is 0. The van der Waals surface area contributed by atoms with Crippen LogP contribution >= 0.6 is 0 Å². The van der Waals surface area contributed by atoms with E-state index in [1.54, 1.807) is 4.90 Å². The molecule has 1 fully saturated rings. The van der Waals surface area contributed by atoms with Gasteiger partial charge in [0, 0.05) is 36.5 Å². The quantitative estimate of drug-likeness (QED) is 0.857. The molecule has 0 spiro atoms. The SMILES string of the molecule is CCCC1CC(=O)N(C(Cc2c[nH]c3ccccc23)C(N)=O)C1. The molecular formula is C18H23N3O2. The number of nitrogens with zero attached hydrogens (tertiary/aromatic N) is 1. The van der Waals surface area contributed by atoms with Crippen molar-refractivity contribution in [1.82, 2.24) is 9.88 Å². The molecule has 0 radical (unpaired) electrons. The van der Waals surface area contributed by atoms with Crippen molar-refractivity contribution in [2.24, 2.45) is 11.7 Å². The van der Waals surface area contributed by atoms with Crippen LogP contribution in [0.1, 0.15) is 31.7 Å². The Morgan fingerprint density at radius 3 is 2.96 bits per heavy atom. The van der Waals surface area contributed by atoms with Gasteiger partial charge in [0.2, 0.25) is 11.8 Å². The predicted molar refractivity (Wildman–Crippen MR) is 89.7 cm³/mol. The topological polar surface area (TPSA) is 79.2 Å². The summed E-state index contributed by atoms with van der Waals surface area (Å²) in [5.41, 5.74) is 7.67. The number of aromatic nitrogens is 1. The molecule has 23 heavy (non-hydrogen) atoms. The third-order valence-corrected chi connectivity index (χ3v) is 4.73. The van der Waals surface area contributed by atoms with Crippen molar-refractivity contribution in [2.45, 2.75) is 38.6 Å². The Balaban J connectivity index is 1.82. The first kappa shape index (κ1) is 15.6. The van der Waals surface area contributed by atoms with E-state index in [1.165, 1.54) is 0 Å². The predicted octanol–water partition coefficient (Wildman–Crippen LogP) is 2.21. The van der Waals surface area contributed by atoms with Crippen LogP contribution in [0.5, 0.6) is 0 Å². The van der Waals surface area contributed by atoms with Crippen molar-refractivity contribution in [3.63, 3.8) is 0 Å². The third kappa shape index (κ3) is 3.09. The first-order valence-corrected chi connectivity index (χ1v) is 8.24. The van der Waals surface area contributed by atoms with E-state index in [0.29, 0.717) is 25.3 Å². The highest BCUT2D eigenvalue weighted by molar-refractivity contribution is 5.89. The Morgan fingerprint density at radius 2 is 2.22 bits per heavy atom. The van der Waals surface area contributed by atoms with Crippen molar-refractivity contribution in [1.29, 1.82) is 0 Å². The zero-order valence-corrected chi connectivity index (χ0v) is 13.4. The van der Waals surface area contributed by atoms with Crippen molar-refractivity contribution in [3.05, 3.63) is 36.0 Å². The van der Waals surface area contributed by atoms with E-state index in [1.807, 2.05) is 30.5 Å². The van der Waals surface area contributed by atoms with Gasteiger partial charge in [-0.2, -0.15) is 0 Å². The smallest absolute Gasteiger partial charge is 0.240 e. The molecule has 2 aromatic rings. The van der Waals surface area contributed by atoms with Gasteiger partial charge >= 0.3 is 0 Å². The van der Waals surface area contributed by atoms with Gasteiger partial charge in [0.05, 0.1) is 0 Å². The minimum Gasteiger partial charge on any atom is -0.368 e. The molecular weight excluding hydrogens is 290 g/mol. The first-order valence-electron chi connectivity index (χ1n) is 8.24. The fourth-order valence-corrected chi connectivity index (χ4v) is 3.58. The molecule has 0 saturated carbocycles. The van der Waals surface area contributed by atoms with Gasteiger partial charge in [-0.3, -0.25) is 9.59 Å². The molecule has 2 atom stereocenters. The van der Waals surface area contributed by atoms with Crippen molar-refractivity contribution in [3.8, 4) is 0 Å². The van der Waals surface area contributed by atoms with Crippen LogP contribution in [0.2, 0.25) is 0 Å². The lowest BCUT2D eigenvalue weighted by atomic mass is 10.0. The van der Waals surface area contributed by atoms with Gasteiger partial charge in [0.1, 0.15) is 6.04 Å². The Kier molecular flexibility index (Phi) is 4.37. The molecule has 1 saturated heterocycles. The highest BCUT2D eigenvalue weighted by Crippen LogP contribution is 2.27. The number of nitrogens with one attached hydrogen (secondary N) is 1. The number of likely N-dealkylation sites (tertiary alicyclic amines) is 1. The molecule has 1 aromatic carbocycles. The van der Waals surface area contributed by atoms with E-state index in [9.17, 15) is 9.59 Å². The van der Waals surface area contributed by atoms with Gasteiger partial charge in [-0.05, 0) is 24.0 Å². The second kappa shape index (κ2) is 6.44. The molecule has 2 amide bonds. The fraction of sp³-hybridized carbons (Fsp3) is 0.444. The molecule has 0 aliphatic carbocycles. The molecule has 122 valence electrons. The summed E-state index contributed by atoms with van der Waals surface area (Å²) >= 11 is 0. The molecule has 1 aliphatic rings. The molecule has 5 nitrogen and oxygen atoms in total. The van der Waals surface area contributed by atoms with E-state index in [2.05, 4.69) is 11.9 Å². The van der Waals surface area contributed by atoms with Crippen molar-refractivity contribution in [2.75, 3.05) is 6.54 Å². The minimum absolute atomic E-state index is 0.0482. The first-order chi connectivity index (χ1) is 11.1. The van der Waals surface area contributed by atoms with Gasteiger partial charge in [-0.25, -0.2) is 0 Å². The highest BCUT2D eigenvalue weighted by Gasteiger charge is 2.36. The lowest BCUT2D eigenvalue weighted by Gasteiger charge is -2.25. The van der Waals surface area contributed by atoms with Crippen LogP contribution in [0.25, 0.3) is 10.9 Å². The van der Waals surface area contributed by atoms with Crippen LogP contribution in [0, 0.1) is 5.92 Å². The normalized spacial score (nSPS) is 19.4. The molecule has 5 heteroatoms. The second-order valence-electron chi connectivity index (χ2n) is 6.39. The lowest BCUT2D eigenvalue weighted by Crippen LogP contribution is -2.47. The minimum atomic E-state index is -0.566. The number of fused-ring (bicyclic) bond motifs is 1. The number of primary amides is 1. The summed E-state index contributed by atoms with van der Waals surface area (Å²) in [6.07, 6.45) is 4.97. The molecule has 3 N–H and O–H groups in total. The number of carbonyl (C=O) groups is 2. The maximum absolute atomic E-state index is 12.3. The van der Waals surface area contributed by atoms with Gasteiger partial charge in [0.25, 0.3) is 0 Å². The number of rotatable bonds is 6. The monoisotopic (exact) mass is 313 g/mol. The largest absolute Gasteiger partial charge is 0.368 e. The summed E-state index contributed by atoms with van der Waals surface area (Å²) in [4.78, 5) is 29.2. The number of para-hydroxylation sites is 1. The van der Waals surface area contributed by atoms with E-state index in [4.69, 9.17) is 5.73 Å². The van der Waals surface area contributed by atoms with E-state index < -0.39 is 11.9 Å². The van der Waals surface area contributed by atoms with Crippen molar-refractivity contribution >= 4 is 22.7 Å². The van der Waals surface area contributed by atoms with Gasteiger partial charge < -0.3 is 15.6 Å². The number of nitrogens with two attached hydrogens (primary N) is 1. The summed E-state index contributed by atoms with van der Waals surface area (Å²) in [5, 5.41) is 1.08. The Labute approximate surface area is 135 Å². The zero-order valence-electron chi connectivity index (χ0n) is 13.4. The van der Waals surface area contributed by atoms with E-state index >= 15 is 0 Å². The van der Waals surface area contributed by atoms with Crippen LogP contribution < -0.4 is 5.73 Å². The molecule has 1 aromatic heterocycles. The van der Waals surface area contributed by atoms with Crippen LogP contribution in [-0.2, 0) is 16.0 Å². The van der Waals surface area contributed by atoms with Crippen LogP contribution in [-0.4, -0.2) is 34.3 Å². The molecule has 1 aliphatic heterocycles. The average Bonchev–Trinajstić information content (AvgIpc) is 3.09. The molecule has 2 unspecified atom stereocenters. The molecule has 2 heterocycles. The number of carbonyl (C=O) groups excluding carboxylic acids is 2. The zero-order chi connectivity index (χ0) is 16.4. The molecule has 0 bridgehead atoms. The standard InChI is InChI=1S/C18H23N3O2/c1-2-5-12-8-17(22)21(11-12)16(18(19)23)9-13-10-20-15-7-4-3-6-14(13)15/h3-4,6-7,10,12,16,20H,2,5,8-9,11H2,1H3,(H2,19,23). The van der Waals surface area contributed by atoms with Gasteiger partial charge in [0.15, 0.2) is 0 Å². The average molecular weight is 313 g/mol. The van der Waals surface area contributed by atoms with Crippen LogP contribution in [0.4, 0.5) is 0 Å². The van der Waals surface area contributed by atoms with Crippen molar-refractivity contribution < 1.29 is 9.59 Å². The van der Waals surface area contributed by atoms with Gasteiger partial charge in [-0.15, -0.1) is 0 Å². The van der Waals surface area contributed by atoms with E-state index in [0.717, 1.165) is 29.3 Å². The third-order valence-electron chi connectivity index (χ3n) is 4.73. The Morgan fingerprint density at radius 1 is 1.43 bits per heavy atom. The second-order valence-corrected chi connectivity index (χ2v) is 6.39. The summed E-state index contributed by atoms with van der Waals surface area (Å²) in [6, 6.07) is 7.38. The van der Waals surface area contributed by atoms with E-state index in [-0.39, 0.29) is 5.91 Å². The van der Waals surface area contributed by atoms with Crippen LogP contribution in [0.3, 0.4) is 0 Å². The maximum atomic E-state index is 12.3. The number of hydrogen-bond donors (Lipinski definition) is 2. The highest BCUT2D eigenvalue weighted by atomic mass is 16.2. The number of aromatic amines is 1. The lowest BCUT2D eigenvalue weighted by molar-refractivity contribution is -0.136. The Bertz CT molecular complexity index is 722. The maximum Gasteiger partial charge on any atom is 0.240 e. The number of H-pyrrole nitrogens is 1. The Hall–Kier alpha value is -2.30. The number of benzene rings is 1. The van der Waals surface area contributed by atoms with Crippen LogP contribution in [0.15, 0.2) is 30.5 Å². The number of amides is 2. The number of hydrogen-bond acceptors (Lipinski definition) is 2. The summed E-state index contributed by atoms with van der Waals surface area (Å²) in [6.45, 7) is 2.76. The fourth-order valence-electron chi connectivity index (χ4n) is 3.58. The van der Waals surface area contributed by atoms with Gasteiger partial charge in [-0.1, -0.05) is 31.5 Å².